The van der Waals surface area contributed by atoms with Gasteiger partial charge in [-0.05, 0) is 6.92 Å². The number of hydrogen-bond acceptors (Lipinski definition) is 3. The summed E-state index contributed by atoms with van der Waals surface area (Å²) in [5.41, 5.74) is 0. The molecule has 6 nitrogen and oxygen atoms in total. The van der Waals surface area contributed by atoms with E-state index in [2.05, 4.69) is 15.5 Å². The average molecular weight is 170 g/mol. The molecule has 0 spiro atoms. The van der Waals surface area contributed by atoms with Crippen LogP contribution in [0, 0.1) is 0 Å². The number of nitrogens with zero attached hydrogens (tertiary/aromatic N) is 3. The highest BCUT2D eigenvalue weighted by molar-refractivity contribution is 5.64. The lowest BCUT2D eigenvalue weighted by Gasteiger charge is -2.09. The first-order valence-corrected chi connectivity index (χ1v) is 3.52. The molecule has 0 saturated heterocycles. The van der Waals surface area contributed by atoms with Crippen molar-refractivity contribution >= 4 is 6.09 Å². The SMILES string of the molecule is CC(Cn1nccn1)NC(=O)O. The fourth-order valence-electron chi connectivity index (χ4n) is 0.839. The van der Waals surface area contributed by atoms with Crippen LogP contribution >= 0.6 is 0 Å². The second-order valence-electron chi connectivity index (χ2n) is 2.43. The van der Waals surface area contributed by atoms with Gasteiger partial charge in [0.2, 0.25) is 0 Å². The molecule has 0 aromatic carbocycles. The Morgan fingerprint density at radius 1 is 1.67 bits per heavy atom. The van der Waals surface area contributed by atoms with Gasteiger partial charge in [0.15, 0.2) is 0 Å². The van der Waals surface area contributed by atoms with E-state index < -0.39 is 6.09 Å². The van der Waals surface area contributed by atoms with Gasteiger partial charge in [0, 0.05) is 0 Å². The molecule has 66 valence electrons. The van der Waals surface area contributed by atoms with Gasteiger partial charge in [-0.3, -0.25) is 0 Å². The largest absolute Gasteiger partial charge is 0.465 e. The van der Waals surface area contributed by atoms with Gasteiger partial charge in [0.05, 0.1) is 25.0 Å². The molecule has 0 bridgehead atoms. The molecule has 1 atom stereocenters. The minimum atomic E-state index is -1.03. The van der Waals surface area contributed by atoms with Crippen LogP contribution in [0.25, 0.3) is 0 Å². The predicted molar refractivity (Wildman–Crippen MR) is 40.6 cm³/mol. The summed E-state index contributed by atoms with van der Waals surface area (Å²) >= 11 is 0. The summed E-state index contributed by atoms with van der Waals surface area (Å²) in [6, 6.07) is -0.185. The third kappa shape index (κ3) is 2.57. The Hall–Kier alpha value is -1.59. The number of carbonyl (C=O) groups is 1. The molecule has 0 saturated carbocycles. The number of aromatic nitrogens is 3. The lowest BCUT2D eigenvalue weighted by Crippen LogP contribution is -2.34. The molecule has 0 aliphatic rings. The molecule has 1 unspecified atom stereocenters. The van der Waals surface area contributed by atoms with E-state index in [0.717, 1.165) is 0 Å². The Labute approximate surface area is 69.2 Å². The molecule has 1 amide bonds. The lowest BCUT2D eigenvalue weighted by atomic mass is 10.3. The third-order valence-electron chi connectivity index (χ3n) is 1.27. The van der Waals surface area contributed by atoms with Crippen LogP contribution in [0.5, 0.6) is 0 Å². The van der Waals surface area contributed by atoms with Gasteiger partial charge in [0.1, 0.15) is 0 Å². The topological polar surface area (TPSA) is 80.0 Å². The van der Waals surface area contributed by atoms with Crippen molar-refractivity contribution in [2.45, 2.75) is 19.5 Å². The van der Waals surface area contributed by atoms with Crippen molar-refractivity contribution in [1.29, 1.82) is 0 Å². The Kier molecular flexibility index (Phi) is 2.62. The van der Waals surface area contributed by atoms with Crippen molar-refractivity contribution in [3.05, 3.63) is 12.4 Å². The quantitative estimate of drug-likeness (QED) is 0.665. The maximum atomic E-state index is 10.2. The maximum absolute atomic E-state index is 10.2. The van der Waals surface area contributed by atoms with E-state index in [1.54, 1.807) is 19.3 Å². The Morgan fingerprint density at radius 2 is 2.25 bits per heavy atom. The van der Waals surface area contributed by atoms with Gasteiger partial charge in [-0.25, -0.2) is 4.79 Å². The summed E-state index contributed by atoms with van der Waals surface area (Å²) < 4.78 is 0. The second kappa shape index (κ2) is 3.70. The number of hydrogen-bond donors (Lipinski definition) is 2. The van der Waals surface area contributed by atoms with Crippen LogP contribution < -0.4 is 5.32 Å². The summed E-state index contributed by atoms with van der Waals surface area (Å²) in [7, 11) is 0. The van der Waals surface area contributed by atoms with Crippen LogP contribution in [0.3, 0.4) is 0 Å². The van der Waals surface area contributed by atoms with Crippen molar-refractivity contribution in [1.82, 2.24) is 20.3 Å². The van der Waals surface area contributed by atoms with Crippen LogP contribution in [0.1, 0.15) is 6.92 Å². The highest BCUT2D eigenvalue weighted by Crippen LogP contribution is 1.86. The van der Waals surface area contributed by atoms with Crippen LogP contribution in [-0.2, 0) is 6.54 Å². The van der Waals surface area contributed by atoms with Crippen LogP contribution in [0.15, 0.2) is 12.4 Å². The van der Waals surface area contributed by atoms with Gasteiger partial charge >= 0.3 is 6.09 Å². The number of rotatable bonds is 3. The summed E-state index contributed by atoms with van der Waals surface area (Å²) in [6.07, 6.45) is 2.07. The highest BCUT2D eigenvalue weighted by Gasteiger charge is 2.05. The summed E-state index contributed by atoms with van der Waals surface area (Å²) in [5, 5.41) is 18.3. The Bertz CT molecular complexity index is 246. The van der Waals surface area contributed by atoms with E-state index in [1.807, 2.05) is 0 Å². The zero-order valence-electron chi connectivity index (χ0n) is 6.64. The minimum absolute atomic E-state index is 0.185. The molecule has 0 radical (unpaired) electrons. The standard InChI is InChI=1S/C6H10N4O2/c1-5(9-6(11)12)4-10-7-2-3-8-10/h2-3,5,9H,4H2,1H3,(H,11,12). The Morgan fingerprint density at radius 3 is 2.75 bits per heavy atom. The molecule has 1 rings (SSSR count). The number of carboxylic acid groups (broad SMARTS) is 1. The first-order valence-electron chi connectivity index (χ1n) is 3.52. The number of nitrogens with one attached hydrogen (secondary N) is 1. The first kappa shape index (κ1) is 8.51. The Balaban J connectivity index is 2.36. The van der Waals surface area contributed by atoms with Crippen molar-refractivity contribution in [3.8, 4) is 0 Å². The highest BCUT2D eigenvalue weighted by atomic mass is 16.4. The normalized spacial score (nSPS) is 12.4. The fourth-order valence-corrected chi connectivity index (χ4v) is 0.839. The predicted octanol–water partition coefficient (Wildman–Crippen LogP) is -0.0658. The van der Waals surface area contributed by atoms with E-state index in [9.17, 15) is 4.79 Å². The van der Waals surface area contributed by atoms with Gasteiger partial charge < -0.3 is 10.4 Å². The van der Waals surface area contributed by atoms with Gasteiger partial charge in [0.25, 0.3) is 0 Å². The van der Waals surface area contributed by atoms with Crippen LogP contribution in [-0.4, -0.2) is 32.2 Å². The fraction of sp³-hybridized carbons (Fsp3) is 0.500. The molecule has 2 N–H and O–H groups in total. The first-order chi connectivity index (χ1) is 5.68. The second-order valence-corrected chi connectivity index (χ2v) is 2.43. The van der Waals surface area contributed by atoms with E-state index in [-0.39, 0.29) is 6.04 Å². The minimum Gasteiger partial charge on any atom is -0.465 e. The summed E-state index contributed by atoms with van der Waals surface area (Å²) in [4.78, 5) is 11.6. The molecular weight excluding hydrogens is 160 g/mol. The molecule has 12 heavy (non-hydrogen) atoms. The summed E-state index contributed by atoms with van der Waals surface area (Å²) in [6.45, 7) is 2.19. The van der Waals surface area contributed by atoms with Crippen molar-refractivity contribution in [2.75, 3.05) is 0 Å². The molecule has 0 aliphatic carbocycles. The average Bonchev–Trinajstić information content (AvgIpc) is 2.37. The molecule has 1 aromatic heterocycles. The van der Waals surface area contributed by atoms with Crippen LogP contribution in [0.2, 0.25) is 0 Å². The van der Waals surface area contributed by atoms with Crippen molar-refractivity contribution < 1.29 is 9.90 Å². The molecule has 1 heterocycles. The zero-order valence-corrected chi connectivity index (χ0v) is 6.64. The summed E-state index contributed by atoms with van der Waals surface area (Å²) in [5.74, 6) is 0. The number of amides is 1. The molecule has 0 fully saturated rings. The molecule has 1 aromatic rings. The van der Waals surface area contributed by atoms with Crippen molar-refractivity contribution in [3.63, 3.8) is 0 Å². The zero-order chi connectivity index (χ0) is 8.97. The lowest BCUT2D eigenvalue weighted by molar-refractivity contribution is 0.188. The van der Waals surface area contributed by atoms with E-state index in [0.29, 0.717) is 6.54 Å². The van der Waals surface area contributed by atoms with Gasteiger partial charge in [-0.15, -0.1) is 0 Å². The smallest absolute Gasteiger partial charge is 0.404 e. The van der Waals surface area contributed by atoms with E-state index in [1.165, 1.54) is 4.80 Å². The van der Waals surface area contributed by atoms with E-state index >= 15 is 0 Å². The molecular formula is C6H10N4O2. The van der Waals surface area contributed by atoms with Gasteiger partial charge in [-0.2, -0.15) is 15.0 Å². The monoisotopic (exact) mass is 170 g/mol. The van der Waals surface area contributed by atoms with Crippen molar-refractivity contribution in [2.24, 2.45) is 0 Å². The van der Waals surface area contributed by atoms with Crippen LogP contribution in [0.4, 0.5) is 4.79 Å². The van der Waals surface area contributed by atoms with E-state index in [4.69, 9.17) is 5.11 Å². The third-order valence-corrected chi connectivity index (χ3v) is 1.27. The maximum Gasteiger partial charge on any atom is 0.404 e. The van der Waals surface area contributed by atoms with Gasteiger partial charge in [-0.1, -0.05) is 0 Å². The molecule has 0 aliphatic heterocycles. The molecule has 6 heteroatoms.